The van der Waals surface area contributed by atoms with E-state index in [1.54, 1.807) is 0 Å². The molecule has 18 N–H and O–H groups in total. The molecule has 5 aromatic rings. The molecule has 518 valence electrons. The third kappa shape index (κ3) is 23.4. The van der Waals surface area contributed by atoms with Crippen LogP contribution in [0, 0.1) is 0 Å². The maximum absolute atomic E-state index is 14.5. The number of carbonyl (C=O) groups is 10. The summed E-state index contributed by atoms with van der Waals surface area (Å²) in [5.74, 6) is -6.30. The monoisotopic (exact) mass is 1330 g/mol. The van der Waals surface area contributed by atoms with E-state index in [1.165, 1.54) is 133 Å². The largest absolute Gasteiger partial charge is 0.496 e. The van der Waals surface area contributed by atoms with Gasteiger partial charge < -0.3 is 94.9 Å². The number of hydrogen-bond donors (Lipinski definition) is 13. The summed E-state index contributed by atoms with van der Waals surface area (Å²) in [6, 6.07) is 18.6. The number of nitrogens with one attached hydrogen (secondary N) is 8. The summed E-state index contributed by atoms with van der Waals surface area (Å²) < 4.78 is 26.7. The number of benzene rings is 5. The van der Waals surface area contributed by atoms with Gasteiger partial charge in [0.25, 0.3) is 29.5 Å². The number of anilines is 4. The molecule has 0 aliphatic heterocycles. The van der Waals surface area contributed by atoms with Gasteiger partial charge >= 0.3 is 5.97 Å². The molecule has 4 atom stereocenters. The number of methoxy groups -OCH3 is 5. The average Bonchev–Trinajstić information content (AvgIpc) is 0.857. The van der Waals surface area contributed by atoms with E-state index in [0.29, 0.717) is 96.8 Å². The van der Waals surface area contributed by atoms with Crippen molar-refractivity contribution in [2.75, 3.05) is 83.0 Å². The molecule has 0 spiro atoms. The number of rotatable bonds is 41. The lowest BCUT2D eigenvalue weighted by molar-refractivity contribution is -0.118. The molecular weight excluding hydrogens is 1240 g/mol. The maximum Gasteiger partial charge on any atom is 0.337 e. The van der Waals surface area contributed by atoms with Gasteiger partial charge in [0.05, 0.1) is 63.4 Å². The number of primary amides is 1. The molecule has 96 heavy (non-hydrogen) atoms. The Labute approximate surface area is 558 Å². The van der Waals surface area contributed by atoms with E-state index >= 15 is 0 Å². The summed E-state index contributed by atoms with van der Waals surface area (Å²) in [5.41, 5.74) is 29.4. The van der Waals surface area contributed by atoms with Crippen LogP contribution in [0.15, 0.2) is 97.1 Å². The summed E-state index contributed by atoms with van der Waals surface area (Å²) in [4.78, 5) is 137. The van der Waals surface area contributed by atoms with E-state index in [0.717, 1.165) is 0 Å². The normalized spacial score (nSPS) is 12.1. The van der Waals surface area contributed by atoms with Crippen LogP contribution in [0.25, 0.3) is 0 Å². The summed E-state index contributed by atoms with van der Waals surface area (Å²) in [6.45, 7) is 1.56. The molecule has 0 radical (unpaired) electrons. The number of carbonyl (C=O) groups excluding carboxylic acids is 10. The average molecular weight is 1330 g/mol. The zero-order chi connectivity index (χ0) is 70.1. The molecule has 0 aromatic heterocycles. The molecular formula is C68H91N13O15. The molecule has 0 heterocycles. The van der Waals surface area contributed by atoms with Crippen LogP contribution in [-0.2, 0) is 23.9 Å². The Morgan fingerprint density at radius 3 is 0.927 bits per heavy atom. The molecule has 0 bridgehead atoms. The first-order chi connectivity index (χ1) is 46.3. The smallest absolute Gasteiger partial charge is 0.337 e. The van der Waals surface area contributed by atoms with Crippen LogP contribution in [0.5, 0.6) is 23.0 Å². The quantitative estimate of drug-likeness (QED) is 0.0176. The molecule has 28 heteroatoms. The molecule has 0 aliphatic carbocycles. The van der Waals surface area contributed by atoms with Crippen LogP contribution in [0.4, 0.5) is 22.7 Å². The van der Waals surface area contributed by atoms with Crippen LogP contribution in [-0.4, -0.2) is 145 Å². The molecule has 28 nitrogen and oxygen atoms in total. The first kappa shape index (κ1) is 76.6. The van der Waals surface area contributed by atoms with Crippen molar-refractivity contribution < 1.29 is 71.6 Å². The molecule has 0 saturated carbocycles. The molecule has 0 unspecified atom stereocenters. The second-order valence-corrected chi connectivity index (χ2v) is 22.4. The van der Waals surface area contributed by atoms with E-state index in [4.69, 9.17) is 52.4 Å². The Morgan fingerprint density at radius 2 is 0.625 bits per heavy atom. The summed E-state index contributed by atoms with van der Waals surface area (Å²) >= 11 is 0. The van der Waals surface area contributed by atoms with Gasteiger partial charge in [-0.2, -0.15) is 0 Å². The predicted octanol–water partition coefficient (Wildman–Crippen LogP) is 5.24. The van der Waals surface area contributed by atoms with Crippen LogP contribution in [0.1, 0.15) is 158 Å². The molecule has 0 saturated heterocycles. The van der Waals surface area contributed by atoms with Gasteiger partial charge in [0.15, 0.2) is 0 Å². The van der Waals surface area contributed by atoms with Crippen LogP contribution in [0.2, 0.25) is 0 Å². The van der Waals surface area contributed by atoms with Gasteiger partial charge in [0.2, 0.25) is 23.6 Å². The molecule has 0 aliphatic rings. The van der Waals surface area contributed by atoms with E-state index in [9.17, 15) is 47.9 Å². The number of nitrogens with two attached hydrogens (primary N) is 5. The third-order valence-electron chi connectivity index (χ3n) is 15.4. The molecule has 5 aromatic carbocycles. The van der Waals surface area contributed by atoms with Crippen molar-refractivity contribution >= 4 is 81.9 Å². The third-order valence-corrected chi connectivity index (χ3v) is 15.4. The standard InChI is InChI=1S/C68H91N13O15/c1-92-55-28-24-43(37-47(55)59(73)82)74-67(90)54(23-12-16-35-72)81-63(86)50-40-46(27-31-58(50)95-4)77-66(89)53(22-11-8-15-34-71)80-62(85)49-39-45(26-30-57(49)94-3)76-65(88)52(21-10-7-14-33-70)79-61(84)48-38-44(25-29-56(48)93-2)75-64(87)51(20-9-6-13-32-69)78-60(83)41-18-17-19-42(36-41)68(91)96-5/h17-19,24-31,36-40,51-54H,6-16,20-23,32-35,69-72H2,1-5H3,(H2,73,82)(H,74,90)(H,75,87)(H,76,88)(H,77,89)(H,78,83)(H,79,84)(H,80,85)(H,81,86)/t51-,52-,53-,54-/m0/s1. The van der Waals surface area contributed by atoms with Gasteiger partial charge in [-0.3, -0.25) is 43.2 Å². The van der Waals surface area contributed by atoms with Gasteiger partial charge in [0.1, 0.15) is 47.2 Å². The minimum absolute atomic E-state index is 0.0263. The van der Waals surface area contributed by atoms with Crippen molar-refractivity contribution in [1.82, 2.24) is 21.3 Å². The summed E-state index contributed by atoms with van der Waals surface area (Å²) in [6.07, 6.45) is 7.05. The minimum atomic E-state index is -1.18. The van der Waals surface area contributed by atoms with E-state index in [-0.39, 0.29) is 105 Å². The topological polar surface area (TPSA) is 443 Å². The fourth-order valence-corrected chi connectivity index (χ4v) is 10.2. The number of ether oxygens (including phenoxy) is 5. The lowest BCUT2D eigenvalue weighted by atomic mass is 10.0. The van der Waals surface area contributed by atoms with Crippen molar-refractivity contribution in [2.45, 2.75) is 120 Å². The van der Waals surface area contributed by atoms with Crippen molar-refractivity contribution in [3.8, 4) is 23.0 Å². The van der Waals surface area contributed by atoms with Gasteiger partial charge in [-0.15, -0.1) is 0 Å². The Bertz CT molecular complexity index is 3500. The predicted molar refractivity (Wildman–Crippen MR) is 363 cm³/mol. The van der Waals surface area contributed by atoms with E-state index < -0.39 is 83.3 Å². The fraction of sp³-hybridized carbons (Fsp3) is 0.412. The maximum atomic E-state index is 14.5. The Balaban J connectivity index is 1.36. The first-order valence-corrected chi connectivity index (χ1v) is 31.7. The second kappa shape index (κ2) is 40.2. The van der Waals surface area contributed by atoms with Gasteiger partial charge in [-0.1, -0.05) is 44.6 Å². The zero-order valence-corrected chi connectivity index (χ0v) is 55.0. The van der Waals surface area contributed by atoms with Crippen LogP contribution in [0.3, 0.4) is 0 Å². The van der Waals surface area contributed by atoms with E-state index in [2.05, 4.69) is 42.5 Å². The fourth-order valence-electron chi connectivity index (χ4n) is 10.2. The summed E-state index contributed by atoms with van der Waals surface area (Å²) in [7, 11) is 6.62. The number of esters is 1. The van der Waals surface area contributed by atoms with Crippen LogP contribution >= 0.6 is 0 Å². The SMILES string of the molecule is COC(=O)c1cccc(C(=O)N[C@@H](CCCCCN)C(=O)Nc2ccc(OC)c(C(=O)N[C@@H](CCCCCN)C(=O)Nc3ccc(OC)c(C(=O)N[C@@H](CCCCCN)C(=O)Nc4ccc(OC)c(C(=O)N[C@@H](CCCCN)C(=O)Nc5ccc(OC)c(C(N)=O)c5)c4)c3)c2)c1. The molecule has 9 amide bonds. The lowest BCUT2D eigenvalue weighted by Crippen LogP contribution is -2.44. The van der Waals surface area contributed by atoms with E-state index in [1.807, 2.05) is 0 Å². The Hall–Kier alpha value is -10.2. The van der Waals surface area contributed by atoms with Gasteiger partial charge in [-0.25, -0.2) is 4.79 Å². The Morgan fingerprint density at radius 1 is 0.344 bits per heavy atom. The van der Waals surface area contributed by atoms with Crippen molar-refractivity contribution in [3.63, 3.8) is 0 Å². The second-order valence-electron chi connectivity index (χ2n) is 22.4. The highest BCUT2D eigenvalue weighted by Gasteiger charge is 2.30. The van der Waals surface area contributed by atoms with Crippen molar-refractivity contribution in [1.29, 1.82) is 0 Å². The first-order valence-electron chi connectivity index (χ1n) is 31.7. The van der Waals surface area contributed by atoms with Crippen molar-refractivity contribution in [3.05, 3.63) is 130 Å². The number of amides is 9. The molecule has 0 fully saturated rings. The number of hydrogen-bond acceptors (Lipinski definition) is 19. The highest BCUT2D eigenvalue weighted by molar-refractivity contribution is 6.08. The van der Waals surface area contributed by atoms with Crippen molar-refractivity contribution in [2.24, 2.45) is 28.7 Å². The molecule has 5 rings (SSSR count). The Kier molecular flexibility index (Phi) is 32.0. The minimum Gasteiger partial charge on any atom is -0.496 e. The van der Waals surface area contributed by atoms with Gasteiger partial charge in [0, 0.05) is 28.3 Å². The van der Waals surface area contributed by atoms with Crippen LogP contribution < -0.4 is 90.2 Å². The lowest BCUT2D eigenvalue weighted by Gasteiger charge is -2.22. The van der Waals surface area contributed by atoms with Gasteiger partial charge in [-0.05, 0) is 175 Å². The zero-order valence-electron chi connectivity index (χ0n) is 55.0. The number of unbranched alkanes of at least 4 members (excludes halogenated alkanes) is 7. The highest BCUT2D eigenvalue weighted by Crippen LogP contribution is 2.29. The summed E-state index contributed by atoms with van der Waals surface area (Å²) in [5, 5.41) is 22.3. The highest BCUT2D eigenvalue weighted by atomic mass is 16.5.